The number of piperazine rings is 1. The molecular weight excluding hydrogens is 463 g/mol. The Morgan fingerprint density at radius 3 is 2.64 bits per heavy atom. The highest BCUT2D eigenvalue weighted by molar-refractivity contribution is 5.97. The summed E-state index contributed by atoms with van der Waals surface area (Å²) in [6.45, 7) is 5.46. The van der Waals surface area contributed by atoms with Crippen molar-refractivity contribution in [2.45, 2.75) is 13.3 Å². The Bertz CT molecular complexity index is 1260. The highest BCUT2D eigenvalue weighted by atomic mass is 19.1. The first-order chi connectivity index (χ1) is 17.3. The third-order valence-electron chi connectivity index (χ3n) is 5.72. The molecule has 1 saturated heterocycles. The van der Waals surface area contributed by atoms with Crippen molar-refractivity contribution in [2.75, 3.05) is 44.3 Å². The van der Waals surface area contributed by atoms with E-state index in [-0.39, 0.29) is 23.1 Å². The van der Waals surface area contributed by atoms with Crippen LogP contribution >= 0.6 is 0 Å². The highest BCUT2D eigenvalue weighted by Crippen LogP contribution is 2.29. The molecule has 1 aromatic carbocycles. The van der Waals surface area contributed by atoms with Gasteiger partial charge in [-0.3, -0.25) is 4.79 Å². The van der Waals surface area contributed by atoms with E-state index in [9.17, 15) is 9.18 Å². The van der Waals surface area contributed by atoms with Crippen LogP contribution in [0.4, 0.5) is 15.9 Å². The van der Waals surface area contributed by atoms with Crippen molar-refractivity contribution < 1.29 is 13.9 Å². The van der Waals surface area contributed by atoms with Gasteiger partial charge in [0.25, 0.3) is 5.91 Å². The van der Waals surface area contributed by atoms with E-state index in [0.717, 1.165) is 32.0 Å². The largest absolute Gasteiger partial charge is 0.434 e. The van der Waals surface area contributed by atoms with Crippen LogP contribution in [0.1, 0.15) is 23.1 Å². The maximum Gasteiger partial charge on any atom is 0.271 e. The van der Waals surface area contributed by atoms with E-state index in [4.69, 9.17) is 16.2 Å². The number of anilines is 2. The van der Waals surface area contributed by atoms with Crippen LogP contribution in [0.5, 0.6) is 11.6 Å². The lowest BCUT2D eigenvalue weighted by Gasteiger charge is -2.34. The molecule has 4 rings (SSSR count). The predicted octanol–water partition coefficient (Wildman–Crippen LogP) is 2.68. The van der Waals surface area contributed by atoms with E-state index in [1.54, 1.807) is 12.3 Å². The lowest BCUT2D eigenvalue weighted by atomic mass is 10.2. The number of allylic oxidation sites excluding steroid dienone is 5. The maximum absolute atomic E-state index is 14.3. The molecule has 1 aromatic heterocycles. The first kappa shape index (κ1) is 24.9. The molecule has 0 bridgehead atoms. The van der Waals surface area contributed by atoms with E-state index in [1.807, 2.05) is 25.2 Å². The summed E-state index contributed by atoms with van der Waals surface area (Å²) in [6, 6.07) is 3.98. The Kier molecular flexibility index (Phi) is 7.59. The fourth-order valence-corrected chi connectivity index (χ4v) is 3.68. The van der Waals surface area contributed by atoms with Crippen LogP contribution in [-0.2, 0) is 6.42 Å². The Hall–Kier alpha value is -4.25. The summed E-state index contributed by atoms with van der Waals surface area (Å²) >= 11 is 0. The molecular formula is C25H29FN8O2. The molecule has 0 radical (unpaired) electrons. The van der Waals surface area contributed by atoms with Gasteiger partial charge in [-0.2, -0.15) is 4.98 Å². The number of primary amides is 1. The van der Waals surface area contributed by atoms with E-state index in [0.29, 0.717) is 23.5 Å². The van der Waals surface area contributed by atoms with E-state index >= 15 is 0 Å². The zero-order valence-corrected chi connectivity index (χ0v) is 20.2. The molecule has 5 N–H and O–H groups in total. The lowest BCUT2D eigenvalue weighted by Crippen LogP contribution is -2.43. The van der Waals surface area contributed by atoms with Gasteiger partial charge >= 0.3 is 0 Å². The van der Waals surface area contributed by atoms with Gasteiger partial charge in [0.15, 0.2) is 23.1 Å². The summed E-state index contributed by atoms with van der Waals surface area (Å²) in [7, 11) is 2.10. The second-order valence-corrected chi connectivity index (χ2v) is 8.39. The Morgan fingerprint density at radius 1 is 1.17 bits per heavy atom. The first-order valence-electron chi connectivity index (χ1n) is 11.6. The number of benzene rings is 1. The smallest absolute Gasteiger partial charge is 0.271 e. The molecule has 36 heavy (non-hydrogen) atoms. The number of halogens is 1. The summed E-state index contributed by atoms with van der Waals surface area (Å²) in [5.74, 6) is -0.547. The number of ether oxygens (including phenoxy) is 1. The molecule has 0 spiro atoms. The number of aryl methyl sites for hydroxylation is 1. The molecule has 0 unspecified atom stereocenters. The van der Waals surface area contributed by atoms with Crippen LogP contribution in [0.2, 0.25) is 0 Å². The van der Waals surface area contributed by atoms with Gasteiger partial charge in [0.1, 0.15) is 11.5 Å². The van der Waals surface area contributed by atoms with Crippen LogP contribution < -0.4 is 21.5 Å². The molecule has 2 aliphatic rings. The molecule has 1 amide bonds. The SMILES string of the molecule is CCc1nc(C(N)=O)c(NC2=C/C=C/C=C(N3CCN(C)CC3)/N=C\2)nc1Oc1cc(N)ccc1F. The highest BCUT2D eigenvalue weighted by Gasteiger charge is 2.20. The van der Waals surface area contributed by atoms with Gasteiger partial charge in [0, 0.05) is 37.9 Å². The van der Waals surface area contributed by atoms with Crippen LogP contribution in [-0.4, -0.2) is 65.1 Å². The number of aromatic nitrogens is 2. The minimum absolute atomic E-state index is 0.0337. The molecule has 2 aliphatic heterocycles. The summed E-state index contributed by atoms with van der Waals surface area (Å²) in [6.07, 6.45) is 9.49. The fraction of sp³-hybridized carbons (Fsp3) is 0.280. The number of aliphatic imine (C=N–C) groups is 1. The average Bonchev–Trinajstić information content (AvgIpc) is 2.84. The van der Waals surface area contributed by atoms with Crippen LogP contribution in [0, 0.1) is 5.82 Å². The molecule has 0 aliphatic carbocycles. The monoisotopic (exact) mass is 492 g/mol. The third kappa shape index (κ3) is 5.87. The van der Waals surface area contributed by atoms with Gasteiger partial charge in [-0.25, -0.2) is 14.4 Å². The number of carbonyl (C=O) groups excluding carboxylic acids is 1. The van der Waals surface area contributed by atoms with Crippen molar-refractivity contribution in [3.05, 3.63) is 71.2 Å². The van der Waals surface area contributed by atoms with Crippen molar-refractivity contribution >= 4 is 23.6 Å². The number of nitrogen functional groups attached to an aromatic ring is 1. The van der Waals surface area contributed by atoms with Crippen LogP contribution in [0.25, 0.3) is 0 Å². The molecule has 0 atom stereocenters. The van der Waals surface area contributed by atoms with E-state index in [1.165, 1.54) is 18.2 Å². The fourth-order valence-electron chi connectivity index (χ4n) is 3.68. The van der Waals surface area contributed by atoms with Crippen molar-refractivity contribution in [1.82, 2.24) is 19.8 Å². The zero-order chi connectivity index (χ0) is 25.7. The lowest BCUT2D eigenvalue weighted by molar-refractivity contribution is 0.0995. The molecule has 1 fully saturated rings. The van der Waals surface area contributed by atoms with Gasteiger partial charge in [0.05, 0.1) is 11.9 Å². The molecule has 10 nitrogen and oxygen atoms in total. The minimum Gasteiger partial charge on any atom is -0.434 e. The van der Waals surface area contributed by atoms with Gasteiger partial charge in [0.2, 0.25) is 5.88 Å². The minimum atomic E-state index is -0.765. The number of likely N-dealkylation sites (N-methyl/N-ethyl adjacent to an activating group) is 1. The zero-order valence-electron chi connectivity index (χ0n) is 20.2. The molecule has 0 saturated carbocycles. The van der Waals surface area contributed by atoms with Gasteiger partial charge in [-0.05, 0) is 37.8 Å². The van der Waals surface area contributed by atoms with Crippen molar-refractivity contribution in [3.63, 3.8) is 0 Å². The van der Waals surface area contributed by atoms with E-state index in [2.05, 4.69) is 37.1 Å². The quantitative estimate of drug-likeness (QED) is 0.502. The normalized spacial score (nSPS) is 20.8. The number of nitrogens with one attached hydrogen (secondary N) is 1. The number of amides is 1. The summed E-state index contributed by atoms with van der Waals surface area (Å²) in [4.78, 5) is 30.1. The van der Waals surface area contributed by atoms with Crippen molar-refractivity contribution in [2.24, 2.45) is 10.7 Å². The number of rotatable bonds is 7. The van der Waals surface area contributed by atoms with Crippen LogP contribution in [0.15, 0.2) is 59.0 Å². The molecule has 3 heterocycles. The molecule has 188 valence electrons. The standard InChI is InChI=1S/C25H29FN8O2/c1-3-19-25(36-20-14-16(27)8-9-18(20)26)32-24(22(31-19)23(28)35)30-17-6-4-5-7-21(29-15-17)34-12-10-33(2)11-13-34/h4-9,14-15H,3,10-13,27H2,1-2H3,(H2,28,35)(H,30,32)/b5-4+,6-4?,7-5?,17-6+,17-15?,21-7-,29-15-,29-21?. The summed E-state index contributed by atoms with van der Waals surface area (Å²) in [5, 5.41) is 3.07. The van der Waals surface area contributed by atoms with E-state index < -0.39 is 11.7 Å². The van der Waals surface area contributed by atoms with Crippen molar-refractivity contribution in [3.8, 4) is 11.6 Å². The topological polar surface area (TPSA) is 135 Å². The Balaban J connectivity index is 1.62. The Labute approximate surface area is 208 Å². The first-order valence-corrected chi connectivity index (χ1v) is 11.6. The number of carbonyl (C=O) groups is 1. The maximum atomic E-state index is 14.3. The molecule has 2 aromatic rings. The summed E-state index contributed by atoms with van der Waals surface area (Å²) < 4.78 is 20.0. The second kappa shape index (κ2) is 11.0. The number of hydrogen-bond acceptors (Lipinski definition) is 9. The van der Waals surface area contributed by atoms with Crippen molar-refractivity contribution in [1.29, 1.82) is 0 Å². The summed E-state index contributed by atoms with van der Waals surface area (Å²) in [5.41, 5.74) is 12.5. The molecule has 11 heteroatoms. The number of hydrogen-bond donors (Lipinski definition) is 3. The predicted molar refractivity (Wildman–Crippen MR) is 137 cm³/mol. The third-order valence-corrected chi connectivity index (χ3v) is 5.72. The van der Waals surface area contributed by atoms with Gasteiger partial charge in [-0.15, -0.1) is 0 Å². The average molecular weight is 493 g/mol. The van der Waals surface area contributed by atoms with Crippen LogP contribution in [0.3, 0.4) is 0 Å². The van der Waals surface area contributed by atoms with Gasteiger partial charge < -0.3 is 31.3 Å². The number of nitrogens with two attached hydrogens (primary N) is 2. The van der Waals surface area contributed by atoms with Gasteiger partial charge in [-0.1, -0.05) is 19.1 Å². The second-order valence-electron chi connectivity index (χ2n) is 8.39. The number of nitrogens with zero attached hydrogens (tertiary/aromatic N) is 5. The Morgan fingerprint density at radius 2 is 1.92 bits per heavy atom.